The average molecular weight is 367 g/mol. The van der Waals surface area contributed by atoms with E-state index in [1.807, 2.05) is 41.3 Å². The smallest absolute Gasteiger partial charge is 0.253 e. The molecule has 1 aliphatic rings. The predicted octanol–water partition coefficient (Wildman–Crippen LogP) is 3.52. The number of aliphatic hydroxyl groups excluding tert-OH is 1. The summed E-state index contributed by atoms with van der Waals surface area (Å²) in [4.78, 5) is 17.4. The van der Waals surface area contributed by atoms with E-state index in [2.05, 4.69) is 37.2 Å². The third-order valence-corrected chi connectivity index (χ3v) is 5.59. The fraction of sp³-hybridized carbons (Fsp3) is 0.435. The van der Waals surface area contributed by atoms with E-state index in [1.165, 1.54) is 0 Å². The van der Waals surface area contributed by atoms with E-state index in [4.69, 9.17) is 0 Å². The third kappa shape index (κ3) is 4.76. The Balaban J connectivity index is 1.75. The van der Waals surface area contributed by atoms with E-state index < -0.39 is 0 Å². The van der Waals surface area contributed by atoms with Crippen molar-refractivity contribution in [2.75, 3.05) is 33.8 Å². The molecule has 0 unspecified atom stereocenters. The van der Waals surface area contributed by atoms with Gasteiger partial charge >= 0.3 is 0 Å². The predicted molar refractivity (Wildman–Crippen MR) is 110 cm³/mol. The quantitative estimate of drug-likeness (QED) is 0.851. The van der Waals surface area contributed by atoms with Crippen molar-refractivity contribution < 1.29 is 9.90 Å². The van der Waals surface area contributed by atoms with E-state index in [1.54, 1.807) is 0 Å². The van der Waals surface area contributed by atoms with Crippen LogP contribution in [-0.4, -0.2) is 60.6 Å². The van der Waals surface area contributed by atoms with E-state index >= 15 is 0 Å². The zero-order valence-electron chi connectivity index (χ0n) is 16.3. The molecule has 0 radical (unpaired) electrons. The Morgan fingerprint density at radius 2 is 1.85 bits per heavy atom. The van der Waals surface area contributed by atoms with Crippen LogP contribution >= 0.6 is 0 Å². The lowest BCUT2D eigenvalue weighted by Gasteiger charge is -2.41. The fourth-order valence-corrected chi connectivity index (χ4v) is 4.17. The van der Waals surface area contributed by atoms with Gasteiger partial charge in [0.15, 0.2) is 0 Å². The van der Waals surface area contributed by atoms with Crippen LogP contribution in [0, 0.1) is 5.92 Å². The Morgan fingerprint density at radius 3 is 2.56 bits per heavy atom. The fourth-order valence-electron chi connectivity index (χ4n) is 4.17. The first-order valence-corrected chi connectivity index (χ1v) is 9.82. The molecule has 144 valence electrons. The van der Waals surface area contributed by atoms with Crippen LogP contribution in [0.5, 0.6) is 0 Å². The minimum absolute atomic E-state index is 0.110. The highest BCUT2D eigenvalue weighted by Gasteiger charge is 2.32. The van der Waals surface area contributed by atoms with E-state index in [0.717, 1.165) is 49.0 Å². The average Bonchev–Trinajstić information content (AvgIpc) is 2.72. The summed E-state index contributed by atoms with van der Waals surface area (Å²) in [6, 6.07) is 18.6. The molecule has 4 heteroatoms. The standard InChI is InChI=1S/C23H30N2O2/c1-24(2)22-13-14-25(17-21(22)12-7-15-26)23(27)20-11-6-10-19(16-20)18-8-4-3-5-9-18/h3-6,8-11,16,21-22,26H,7,12-15,17H2,1-2H3/t21-,22+/m1/s1. The summed E-state index contributed by atoms with van der Waals surface area (Å²) in [6.07, 6.45) is 2.72. The Hall–Kier alpha value is -2.17. The van der Waals surface area contributed by atoms with E-state index in [9.17, 15) is 9.90 Å². The van der Waals surface area contributed by atoms with Crippen molar-refractivity contribution in [1.82, 2.24) is 9.80 Å². The maximum Gasteiger partial charge on any atom is 0.253 e. The van der Waals surface area contributed by atoms with Gasteiger partial charge in [-0.1, -0.05) is 42.5 Å². The molecule has 1 amide bonds. The summed E-state index contributed by atoms with van der Waals surface area (Å²) < 4.78 is 0. The van der Waals surface area contributed by atoms with Crippen LogP contribution in [0.25, 0.3) is 11.1 Å². The molecule has 0 saturated carbocycles. The first kappa shape index (κ1) is 19.6. The summed E-state index contributed by atoms with van der Waals surface area (Å²) in [5.41, 5.74) is 2.95. The van der Waals surface area contributed by atoms with Gasteiger partial charge in [-0.15, -0.1) is 0 Å². The number of hydrogen-bond donors (Lipinski definition) is 1. The van der Waals surface area contributed by atoms with Crippen molar-refractivity contribution in [2.45, 2.75) is 25.3 Å². The number of amides is 1. The zero-order valence-corrected chi connectivity index (χ0v) is 16.3. The molecule has 0 spiro atoms. The molecule has 0 aromatic heterocycles. The Bertz CT molecular complexity index is 745. The second-order valence-electron chi connectivity index (χ2n) is 7.64. The maximum atomic E-state index is 13.1. The lowest BCUT2D eigenvalue weighted by molar-refractivity contribution is 0.0496. The van der Waals surface area contributed by atoms with Gasteiger partial charge in [0.1, 0.15) is 0 Å². The monoisotopic (exact) mass is 366 g/mol. The Labute approximate surface area is 162 Å². The van der Waals surface area contributed by atoms with Crippen LogP contribution < -0.4 is 0 Å². The van der Waals surface area contributed by atoms with Gasteiger partial charge in [0.25, 0.3) is 5.91 Å². The molecular weight excluding hydrogens is 336 g/mol. The van der Waals surface area contributed by atoms with Gasteiger partial charge in [-0.2, -0.15) is 0 Å². The van der Waals surface area contributed by atoms with Gasteiger partial charge in [0.05, 0.1) is 0 Å². The van der Waals surface area contributed by atoms with Gasteiger partial charge in [0, 0.05) is 31.3 Å². The SMILES string of the molecule is CN(C)[C@H]1CCN(C(=O)c2cccc(-c3ccccc3)c2)C[C@H]1CCCO. The van der Waals surface area contributed by atoms with Crippen molar-refractivity contribution in [3.05, 3.63) is 60.2 Å². The van der Waals surface area contributed by atoms with Gasteiger partial charge in [-0.3, -0.25) is 4.79 Å². The number of benzene rings is 2. The van der Waals surface area contributed by atoms with Crippen LogP contribution in [0.3, 0.4) is 0 Å². The van der Waals surface area contributed by atoms with Gasteiger partial charge in [-0.25, -0.2) is 0 Å². The molecule has 1 saturated heterocycles. The molecule has 0 aliphatic carbocycles. The molecule has 1 heterocycles. The molecule has 1 N–H and O–H groups in total. The molecule has 0 bridgehead atoms. The number of likely N-dealkylation sites (tertiary alicyclic amines) is 1. The summed E-state index contributed by atoms with van der Waals surface area (Å²) >= 11 is 0. The molecule has 2 aromatic carbocycles. The number of rotatable bonds is 6. The molecule has 27 heavy (non-hydrogen) atoms. The van der Waals surface area contributed by atoms with Gasteiger partial charge < -0.3 is 14.9 Å². The first-order valence-electron chi connectivity index (χ1n) is 9.82. The lowest BCUT2D eigenvalue weighted by Crippen LogP contribution is -2.50. The third-order valence-electron chi connectivity index (χ3n) is 5.59. The molecule has 2 aromatic rings. The van der Waals surface area contributed by atoms with Crippen molar-refractivity contribution >= 4 is 5.91 Å². The molecule has 3 rings (SSSR count). The van der Waals surface area contributed by atoms with Crippen LogP contribution in [0.2, 0.25) is 0 Å². The van der Waals surface area contributed by atoms with Crippen molar-refractivity contribution in [3.8, 4) is 11.1 Å². The van der Waals surface area contributed by atoms with Crippen molar-refractivity contribution in [1.29, 1.82) is 0 Å². The molecule has 1 aliphatic heterocycles. The normalized spacial score (nSPS) is 20.1. The van der Waals surface area contributed by atoms with Crippen LogP contribution in [0.15, 0.2) is 54.6 Å². The zero-order chi connectivity index (χ0) is 19.2. The van der Waals surface area contributed by atoms with Gasteiger partial charge in [0.2, 0.25) is 0 Å². The number of carbonyl (C=O) groups is 1. The van der Waals surface area contributed by atoms with Gasteiger partial charge in [-0.05, 0) is 62.5 Å². The second-order valence-corrected chi connectivity index (χ2v) is 7.64. The number of piperidine rings is 1. The van der Waals surface area contributed by atoms with E-state index in [0.29, 0.717) is 12.0 Å². The minimum atomic E-state index is 0.110. The molecule has 4 nitrogen and oxygen atoms in total. The summed E-state index contributed by atoms with van der Waals surface area (Å²) in [5, 5.41) is 9.22. The second kappa shape index (κ2) is 9.16. The highest BCUT2D eigenvalue weighted by atomic mass is 16.3. The number of hydrogen-bond acceptors (Lipinski definition) is 3. The van der Waals surface area contributed by atoms with Crippen LogP contribution in [-0.2, 0) is 0 Å². The highest BCUT2D eigenvalue weighted by Crippen LogP contribution is 2.27. The summed E-state index contributed by atoms with van der Waals surface area (Å²) in [5.74, 6) is 0.515. The molecular formula is C23H30N2O2. The van der Waals surface area contributed by atoms with Crippen molar-refractivity contribution in [2.24, 2.45) is 5.92 Å². The van der Waals surface area contributed by atoms with Crippen LogP contribution in [0.4, 0.5) is 0 Å². The Kier molecular flexibility index (Phi) is 6.64. The highest BCUT2D eigenvalue weighted by molar-refractivity contribution is 5.95. The maximum absolute atomic E-state index is 13.1. The Morgan fingerprint density at radius 1 is 1.11 bits per heavy atom. The number of nitrogens with zero attached hydrogens (tertiary/aromatic N) is 2. The topological polar surface area (TPSA) is 43.8 Å². The van der Waals surface area contributed by atoms with Crippen molar-refractivity contribution in [3.63, 3.8) is 0 Å². The van der Waals surface area contributed by atoms with Crippen LogP contribution in [0.1, 0.15) is 29.6 Å². The lowest BCUT2D eigenvalue weighted by atomic mass is 9.87. The summed E-state index contributed by atoms with van der Waals surface area (Å²) in [6.45, 7) is 1.76. The summed E-state index contributed by atoms with van der Waals surface area (Å²) in [7, 11) is 4.22. The first-order chi connectivity index (χ1) is 13.1. The number of carbonyl (C=O) groups excluding carboxylic acids is 1. The molecule has 2 atom stereocenters. The van der Waals surface area contributed by atoms with E-state index in [-0.39, 0.29) is 12.5 Å². The minimum Gasteiger partial charge on any atom is -0.396 e. The molecule has 1 fully saturated rings. The number of aliphatic hydroxyl groups is 1. The largest absolute Gasteiger partial charge is 0.396 e.